The lowest BCUT2D eigenvalue weighted by Crippen LogP contribution is -2.37. The molecule has 1 aliphatic heterocycles. The Morgan fingerprint density at radius 2 is 2.15 bits per heavy atom. The van der Waals surface area contributed by atoms with E-state index in [1.165, 1.54) is 5.56 Å². The molecule has 0 N–H and O–H groups in total. The third-order valence-corrected chi connectivity index (χ3v) is 5.34. The lowest BCUT2D eigenvalue weighted by molar-refractivity contribution is 0.0481. The summed E-state index contributed by atoms with van der Waals surface area (Å²) in [5.41, 5.74) is 3.26. The quantitative estimate of drug-likeness (QED) is 0.794. The summed E-state index contributed by atoms with van der Waals surface area (Å²) >= 11 is 0. The average Bonchev–Trinajstić information content (AvgIpc) is 3.39. The van der Waals surface area contributed by atoms with Gasteiger partial charge in [-0.15, -0.1) is 0 Å². The fourth-order valence-electron chi connectivity index (χ4n) is 3.97. The first-order valence-electron chi connectivity index (χ1n) is 9.38. The number of carbonyl (C=O) groups excluding carboxylic acids is 1. The van der Waals surface area contributed by atoms with Crippen molar-refractivity contribution in [3.05, 3.63) is 53.0 Å². The van der Waals surface area contributed by atoms with Crippen molar-refractivity contribution >= 4 is 5.91 Å². The SMILES string of the molecule is COc1ccccc1CN(CC1CCCO1)C(=O)c1occ2c1CCC2. The molecule has 0 radical (unpaired) electrons. The lowest BCUT2D eigenvalue weighted by Gasteiger charge is -2.26. The molecule has 1 fully saturated rings. The number of amides is 1. The molecule has 0 spiro atoms. The van der Waals surface area contributed by atoms with Gasteiger partial charge >= 0.3 is 0 Å². The molecule has 2 aliphatic rings. The van der Waals surface area contributed by atoms with Crippen molar-refractivity contribution in [2.24, 2.45) is 0 Å². The molecule has 1 amide bonds. The number of aryl methyl sites for hydroxylation is 1. The number of ether oxygens (including phenoxy) is 2. The molecule has 1 unspecified atom stereocenters. The van der Waals surface area contributed by atoms with Crippen molar-refractivity contribution in [3.8, 4) is 5.75 Å². The number of carbonyl (C=O) groups is 1. The van der Waals surface area contributed by atoms with E-state index in [4.69, 9.17) is 13.9 Å². The summed E-state index contributed by atoms with van der Waals surface area (Å²) in [5, 5.41) is 0. The van der Waals surface area contributed by atoms with Gasteiger partial charge in [0.05, 0.1) is 19.5 Å². The van der Waals surface area contributed by atoms with E-state index < -0.39 is 0 Å². The van der Waals surface area contributed by atoms with Gasteiger partial charge in [0.25, 0.3) is 5.91 Å². The smallest absolute Gasteiger partial charge is 0.290 e. The standard InChI is InChI=1S/C21H25NO4/c1-24-19-10-3-2-6-15(19)12-22(13-17-8-5-11-25-17)21(23)20-18-9-4-7-16(18)14-26-20/h2-3,6,10,14,17H,4-5,7-9,11-13H2,1H3. The molecule has 5 nitrogen and oxygen atoms in total. The van der Waals surface area contributed by atoms with Crippen molar-refractivity contribution in [1.82, 2.24) is 4.90 Å². The van der Waals surface area contributed by atoms with Crippen molar-refractivity contribution < 1.29 is 18.7 Å². The number of hydrogen-bond acceptors (Lipinski definition) is 4. The van der Waals surface area contributed by atoms with E-state index in [-0.39, 0.29) is 12.0 Å². The summed E-state index contributed by atoms with van der Waals surface area (Å²) in [7, 11) is 1.66. The Labute approximate surface area is 153 Å². The normalized spacial score (nSPS) is 18.7. The van der Waals surface area contributed by atoms with Crippen LogP contribution in [0.15, 0.2) is 34.9 Å². The van der Waals surface area contributed by atoms with Gasteiger partial charge in [-0.1, -0.05) is 18.2 Å². The maximum Gasteiger partial charge on any atom is 0.290 e. The Balaban J connectivity index is 1.60. The molecule has 2 aromatic rings. The molecule has 1 saturated heterocycles. The molecule has 138 valence electrons. The molecular weight excluding hydrogens is 330 g/mol. The fourth-order valence-corrected chi connectivity index (χ4v) is 3.97. The third-order valence-electron chi connectivity index (χ3n) is 5.34. The highest BCUT2D eigenvalue weighted by atomic mass is 16.5. The minimum absolute atomic E-state index is 0.0467. The van der Waals surface area contributed by atoms with E-state index in [1.54, 1.807) is 13.4 Å². The second-order valence-corrected chi connectivity index (χ2v) is 7.05. The first-order valence-corrected chi connectivity index (χ1v) is 9.38. The third kappa shape index (κ3) is 3.36. The highest BCUT2D eigenvalue weighted by Crippen LogP contribution is 2.29. The summed E-state index contributed by atoms with van der Waals surface area (Å²) in [6.45, 7) is 1.84. The Bertz CT molecular complexity index is 776. The fraction of sp³-hybridized carbons (Fsp3) is 0.476. The summed E-state index contributed by atoms with van der Waals surface area (Å²) in [4.78, 5) is 15.1. The van der Waals surface area contributed by atoms with Crippen molar-refractivity contribution in [3.63, 3.8) is 0 Å². The van der Waals surface area contributed by atoms with Gasteiger partial charge in [-0.05, 0) is 43.7 Å². The zero-order valence-electron chi connectivity index (χ0n) is 15.2. The molecule has 1 aromatic heterocycles. The summed E-state index contributed by atoms with van der Waals surface area (Å²) < 4.78 is 16.9. The zero-order valence-corrected chi connectivity index (χ0v) is 15.2. The maximum absolute atomic E-state index is 13.3. The van der Waals surface area contributed by atoms with E-state index in [2.05, 4.69) is 0 Å². The molecule has 5 heteroatoms. The number of fused-ring (bicyclic) bond motifs is 1. The van der Waals surface area contributed by atoms with Gasteiger partial charge in [0.15, 0.2) is 5.76 Å². The van der Waals surface area contributed by atoms with E-state index >= 15 is 0 Å². The van der Waals surface area contributed by atoms with Gasteiger partial charge in [0, 0.05) is 30.8 Å². The van der Waals surface area contributed by atoms with Gasteiger partial charge in [-0.25, -0.2) is 0 Å². The van der Waals surface area contributed by atoms with Crippen LogP contribution in [0.1, 0.15) is 46.5 Å². The van der Waals surface area contributed by atoms with Gasteiger partial charge in [0.2, 0.25) is 0 Å². The van der Waals surface area contributed by atoms with Crippen LogP contribution in [0.5, 0.6) is 5.75 Å². The molecule has 0 bridgehead atoms. The predicted molar refractivity (Wildman–Crippen MR) is 97.4 cm³/mol. The Morgan fingerprint density at radius 3 is 2.96 bits per heavy atom. The average molecular weight is 355 g/mol. The molecular formula is C21H25NO4. The van der Waals surface area contributed by atoms with Crippen LogP contribution < -0.4 is 4.74 Å². The van der Waals surface area contributed by atoms with Gasteiger partial charge in [0.1, 0.15) is 5.75 Å². The van der Waals surface area contributed by atoms with E-state index in [9.17, 15) is 4.79 Å². The van der Waals surface area contributed by atoms with Crippen LogP contribution in [0.25, 0.3) is 0 Å². The monoisotopic (exact) mass is 355 g/mol. The van der Waals surface area contributed by atoms with Gasteiger partial charge in [-0.2, -0.15) is 0 Å². The van der Waals surface area contributed by atoms with Gasteiger partial charge < -0.3 is 18.8 Å². The topological polar surface area (TPSA) is 51.9 Å². The van der Waals surface area contributed by atoms with E-state index in [0.717, 1.165) is 55.6 Å². The van der Waals surface area contributed by atoms with Crippen LogP contribution in [0.4, 0.5) is 0 Å². The lowest BCUT2D eigenvalue weighted by atomic mass is 10.1. The second kappa shape index (κ2) is 7.54. The Morgan fingerprint density at radius 1 is 1.27 bits per heavy atom. The van der Waals surface area contributed by atoms with Crippen molar-refractivity contribution in [2.45, 2.75) is 44.8 Å². The Kier molecular flexibility index (Phi) is 4.98. The van der Waals surface area contributed by atoms with Crippen LogP contribution in [0, 0.1) is 0 Å². The number of benzene rings is 1. The van der Waals surface area contributed by atoms with Crippen LogP contribution in [0.3, 0.4) is 0 Å². The van der Waals surface area contributed by atoms with Crippen molar-refractivity contribution in [2.75, 3.05) is 20.3 Å². The molecule has 0 saturated carbocycles. The molecule has 26 heavy (non-hydrogen) atoms. The number of para-hydroxylation sites is 1. The second-order valence-electron chi connectivity index (χ2n) is 7.05. The summed E-state index contributed by atoms with van der Waals surface area (Å²) in [6.07, 6.45) is 6.92. The number of nitrogens with zero attached hydrogens (tertiary/aromatic N) is 1. The maximum atomic E-state index is 13.3. The minimum atomic E-state index is -0.0467. The molecule has 1 aromatic carbocycles. The molecule has 4 rings (SSSR count). The van der Waals surface area contributed by atoms with Gasteiger partial charge in [-0.3, -0.25) is 4.79 Å². The number of rotatable bonds is 6. The number of furan rings is 1. The first kappa shape index (κ1) is 17.2. The predicted octanol–water partition coefficient (Wildman–Crippen LogP) is 3.60. The highest BCUT2D eigenvalue weighted by molar-refractivity contribution is 5.93. The largest absolute Gasteiger partial charge is 0.496 e. The molecule has 2 heterocycles. The first-order chi connectivity index (χ1) is 12.8. The van der Waals surface area contributed by atoms with Crippen LogP contribution >= 0.6 is 0 Å². The minimum Gasteiger partial charge on any atom is -0.496 e. The summed E-state index contributed by atoms with van der Waals surface area (Å²) in [5.74, 6) is 1.25. The molecule has 1 aliphatic carbocycles. The van der Waals surface area contributed by atoms with E-state index in [1.807, 2.05) is 29.2 Å². The molecule has 1 atom stereocenters. The Hall–Kier alpha value is -2.27. The summed E-state index contributed by atoms with van der Waals surface area (Å²) in [6, 6.07) is 7.83. The number of hydrogen-bond donors (Lipinski definition) is 0. The number of methoxy groups -OCH3 is 1. The van der Waals surface area contributed by atoms with Crippen molar-refractivity contribution in [1.29, 1.82) is 0 Å². The van der Waals surface area contributed by atoms with Crippen LogP contribution in [-0.2, 0) is 24.1 Å². The highest BCUT2D eigenvalue weighted by Gasteiger charge is 2.30. The van der Waals surface area contributed by atoms with Crippen LogP contribution in [0.2, 0.25) is 0 Å². The van der Waals surface area contributed by atoms with Crippen LogP contribution in [-0.4, -0.2) is 37.2 Å². The zero-order chi connectivity index (χ0) is 17.9. The van der Waals surface area contributed by atoms with E-state index in [0.29, 0.717) is 18.8 Å².